The molecule has 0 fully saturated rings. The van der Waals surface area contributed by atoms with Gasteiger partial charge in [-0.05, 0) is 24.6 Å². The van der Waals surface area contributed by atoms with Crippen molar-refractivity contribution in [3.63, 3.8) is 0 Å². The van der Waals surface area contributed by atoms with Gasteiger partial charge in [0.15, 0.2) is 0 Å². The first-order valence-electron chi connectivity index (χ1n) is 4.38. The van der Waals surface area contributed by atoms with Gasteiger partial charge in [0, 0.05) is 19.7 Å². The summed E-state index contributed by atoms with van der Waals surface area (Å²) in [6.07, 6.45) is 0.657. The highest BCUT2D eigenvalue weighted by Gasteiger charge is 2.17. The molecule has 0 N–H and O–H groups in total. The molecule has 0 bridgehead atoms. The molecule has 0 radical (unpaired) electrons. The lowest BCUT2D eigenvalue weighted by Gasteiger charge is -2.12. The van der Waals surface area contributed by atoms with E-state index in [9.17, 15) is 13.2 Å². The topological polar surface area (TPSA) is 54.5 Å². The Labute approximate surface area is 89.6 Å². The maximum absolute atomic E-state index is 11.7. The van der Waals surface area contributed by atoms with Crippen LogP contribution in [0.5, 0.6) is 0 Å². The van der Waals surface area contributed by atoms with Gasteiger partial charge in [-0.1, -0.05) is 6.07 Å². The van der Waals surface area contributed by atoms with Crippen molar-refractivity contribution >= 4 is 16.3 Å². The fourth-order valence-corrected chi connectivity index (χ4v) is 2.05. The number of nitrogens with zero attached hydrogens (tertiary/aromatic N) is 1. The molecule has 1 aromatic rings. The predicted octanol–water partition coefficient (Wildman–Crippen LogP) is 1.06. The van der Waals surface area contributed by atoms with Gasteiger partial charge in [0.05, 0.1) is 4.90 Å². The van der Waals surface area contributed by atoms with E-state index in [2.05, 4.69) is 0 Å². The smallest absolute Gasteiger partial charge is 0.242 e. The zero-order chi connectivity index (χ0) is 11.6. The van der Waals surface area contributed by atoms with Crippen molar-refractivity contribution in [2.75, 3.05) is 14.1 Å². The molecule has 82 valence electrons. The second kappa shape index (κ2) is 4.12. The number of rotatable bonds is 3. The monoisotopic (exact) mass is 227 g/mol. The summed E-state index contributed by atoms with van der Waals surface area (Å²) in [5, 5.41) is 0. The molecule has 0 amide bonds. The molecule has 1 aromatic carbocycles. The summed E-state index contributed by atoms with van der Waals surface area (Å²) in [6.45, 7) is 1.76. The first-order chi connectivity index (χ1) is 6.89. The minimum atomic E-state index is -3.45. The first kappa shape index (κ1) is 11.9. The van der Waals surface area contributed by atoms with Crippen LogP contribution in [0.3, 0.4) is 0 Å². The SMILES string of the molecule is Cc1ccc(S(=O)(=O)N(C)C)cc1C=O. The highest BCUT2D eigenvalue weighted by atomic mass is 32.2. The third kappa shape index (κ3) is 2.24. The standard InChI is InChI=1S/C10H13NO3S/c1-8-4-5-10(6-9(8)7-12)15(13,14)11(2)3/h4-7H,1-3H3. The molecular weight excluding hydrogens is 214 g/mol. The molecule has 0 atom stereocenters. The molecule has 4 nitrogen and oxygen atoms in total. The third-order valence-corrected chi connectivity index (χ3v) is 3.97. The van der Waals surface area contributed by atoms with Crippen LogP contribution in [0.15, 0.2) is 23.1 Å². The molecule has 1 rings (SSSR count). The summed E-state index contributed by atoms with van der Waals surface area (Å²) < 4.78 is 24.6. The van der Waals surface area contributed by atoms with Crippen LogP contribution < -0.4 is 0 Å². The van der Waals surface area contributed by atoms with Gasteiger partial charge in [-0.2, -0.15) is 0 Å². The van der Waals surface area contributed by atoms with Crippen molar-refractivity contribution in [2.24, 2.45) is 0 Å². The lowest BCUT2D eigenvalue weighted by molar-refractivity contribution is 0.112. The Kier molecular flexibility index (Phi) is 3.26. The molecule has 0 unspecified atom stereocenters. The van der Waals surface area contributed by atoms with Crippen LogP contribution in [-0.2, 0) is 10.0 Å². The van der Waals surface area contributed by atoms with Gasteiger partial charge >= 0.3 is 0 Å². The molecule has 5 heteroatoms. The second-order valence-corrected chi connectivity index (χ2v) is 5.58. The summed E-state index contributed by atoms with van der Waals surface area (Å²) in [4.78, 5) is 10.8. The summed E-state index contributed by atoms with van der Waals surface area (Å²) >= 11 is 0. The lowest BCUT2D eigenvalue weighted by Crippen LogP contribution is -2.22. The Balaban J connectivity index is 3.35. The summed E-state index contributed by atoms with van der Waals surface area (Å²) in [5.41, 5.74) is 1.17. The molecule has 0 spiro atoms. The van der Waals surface area contributed by atoms with Gasteiger partial charge in [0.25, 0.3) is 0 Å². The Morgan fingerprint density at radius 1 is 1.27 bits per heavy atom. The molecule has 0 heterocycles. The Morgan fingerprint density at radius 3 is 2.33 bits per heavy atom. The number of aryl methyl sites for hydroxylation is 1. The Bertz CT molecular complexity index is 477. The number of sulfonamides is 1. The van der Waals surface area contributed by atoms with E-state index in [-0.39, 0.29) is 4.90 Å². The van der Waals surface area contributed by atoms with E-state index in [0.717, 1.165) is 9.87 Å². The summed E-state index contributed by atoms with van der Waals surface area (Å²) in [7, 11) is -0.544. The van der Waals surface area contributed by atoms with Crippen LogP contribution in [0.2, 0.25) is 0 Å². The number of hydrogen-bond donors (Lipinski definition) is 0. The maximum Gasteiger partial charge on any atom is 0.242 e. The zero-order valence-electron chi connectivity index (χ0n) is 8.89. The van der Waals surface area contributed by atoms with E-state index >= 15 is 0 Å². The van der Waals surface area contributed by atoms with Crippen molar-refractivity contribution in [1.82, 2.24) is 4.31 Å². The molecule has 0 aliphatic carbocycles. The van der Waals surface area contributed by atoms with Crippen LogP contribution in [0.25, 0.3) is 0 Å². The maximum atomic E-state index is 11.7. The fourth-order valence-electron chi connectivity index (χ4n) is 1.12. The van der Waals surface area contributed by atoms with Gasteiger partial charge in [-0.15, -0.1) is 0 Å². The average Bonchev–Trinajstić information content (AvgIpc) is 2.18. The highest BCUT2D eigenvalue weighted by Crippen LogP contribution is 2.16. The van der Waals surface area contributed by atoms with Crippen LogP contribution in [0.1, 0.15) is 15.9 Å². The van der Waals surface area contributed by atoms with E-state index in [1.807, 2.05) is 0 Å². The number of carbonyl (C=O) groups is 1. The van der Waals surface area contributed by atoms with Crippen molar-refractivity contribution in [3.8, 4) is 0 Å². The minimum absolute atomic E-state index is 0.139. The van der Waals surface area contributed by atoms with Gasteiger partial charge in [-0.25, -0.2) is 12.7 Å². The Hall–Kier alpha value is -1.20. The summed E-state index contributed by atoms with van der Waals surface area (Å²) in [5.74, 6) is 0. The van der Waals surface area contributed by atoms with Gasteiger partial charge in [0.2, 0.25) is 10.0 Å². The van der Waals surface area contributed by atoms with E-state index in [0.29, 0.717) is 11.8 Å². The van der Waals surface area contributed by atoms with Crippen LogP contribution in [0, 0.1) is 6.92 Å². The van der Waals surface area contributed by atoms with Crippen molar-refractivity contribution in [1.29, 1.82) is 0 Å². The third-order valence-electron chi connectivity index (χ3n) is 2.16. The zero-order valence-corrected chi connectivity index (χ0v) is 9.71. The van der Waals surface area contributed by atoms with Gasteiger partial charge < -0.3 is 0 Å². The Morgan fingerprint density at radius 2 is 1.87 bits per heavy atom. The molecule has 0 saturated heterocycles. The normalized spacial score (nSPS) is 11.7. The molecule has 15 heavy (non-hydrogen) atoms. The molecule has 0 aliphatic heterocycles. The highest BCUT2D eigenvalue weighted by molar-refractivity contribution is 7.89. The number of carbonyl (C=O) groups excluding carboxylic acids is 1. The van der Waals surface area contributed by atoms with E-state index in [1.165, 1.54) is 26.2 Å². The van der Waals surface area contributed by atoms with Gasteiger partial charge in [0.1, 0.15) is 6.29 Å². The van der Waals surface area contributed by atoms with Crippen LogP contribution >= 0.6 is 0 Å². The van der Waals surface area contributed by atoms with E-state index < -0.39 is 10.0 Å². The van der Waals surface area contributed by atoms with Crippen molar-refractivity contribution < 1.29 is 13.2 Å². The van der Waals surface area contributed by atoms with Gasteiger partial charge in [-0.3, -0.25) is 4.79 Å². The predicted molar refractivity (Wildman–Crippen MR) is 57.4 cm³/mol. The van der Waals surface area contributed by atoms with Crippen molar-refractivity contribution in [3.05, 3.63) is 29.3 Å². The van der Waals surface area contributed by atoms with Crippen LogP contribution in [-0.4, -0.2) is 33.1 Å². The fraction of sp³-hybridized carbons (Fsp3) is 0.300. The lowest BCUT2D eigenvalue weighted by atomic mass is 10.1. The number of benzene rings is 1. The van der Waals surface area contributed by atoms with Crippen molar-refractivity contribution in [2.45, 2.75) is 11.8 Å². The van der Waals surface area contributed by atoms with E-state index in [1.54, 1.807) is 13.0 Å². The van der Waals surface area contributed by atoms with E-state index in [4.69, 9.17) is 0 Å². The first-order valence-corrected chi connectivity index (χ1v) is 5.82. The van der Waals surface area contributed by atoms with Crippen LogP contribution in [0.4, 0.5) is 0 Å². The second-order valence-electron chi connectivity index (χ2n) is 3.42. The molecule has 0 saturated carbocycles. The summed E-state index contributed by atoms with van der Waals surface area (Å²) in [6, 6.07) is 4.51. The average molecular weight is 227 g/mol. The quantitative estimate of drug-likeness (QED) is 0.725. The number of hydrogen-bond acceptors (Lipinski definition) is 3. The molecule has 0 aromatic heterocycles. The minimum Gasteiger partial charge on any atom is -0.298 e. The number of aldehydes is 1. The largest absolute Gasteiger partial charge is 0.298 e. The molecular formula is C10H13NO3S. The molecule has 0 aliphatic rings.